The number of halogens is 1. The molecule has 1 N–H and O–H groups in total. The summed E-state index contributed by atoms with van der Waals surface area (Å²) >= 11 is 6.10. The molecule has 0 saturated heterocycles. The lowest BCUT2D eigenvalue weighted by Crippen LogP contribution is -2.20. The number of nitrogens with one attached hydrogen (secondary N) is 1. The maximum absolute atomic E-state index is 12.2. The third-order valence-electron chi connectivity index (χ3n) is 4.86. The van der Waals surface area contributed by atoms with Crippen LogP contribution in [-0.2, 0) is 4.79 Å². The summed E-state index contributed by atoms with van der Waals surface area (Å²) in [6.45, 7) is 1.79. The monoisotopic (exact) mass is 470 g/mol. The van der Waals surface area contributed by atoms with Crippen LogP contribution in [-0.4, -0.2) is 18.7 Å². The van der Waals surface area contributed by atoms with E-state index >= 15 is 0 Å². The summed E-state index contributed by atoms with van der Waals surface area (Å²) in [7, 11) is 0. The van der Waals surface area contributed by atoms with Gasteiger partial charge >= 0.3 is 0 Å². The molecule has 6 heteroatoms. The summed E-state index contributed by atoms with van der Waals surface area (Å²) in [5.41, 5.74) is 3.23. The minimum absolute atomic E-state index is 0.116. The van der Waals surface area contributed by atoms with E-state index in [4.69, 9.17) is 21.1 Å². The lowest BCUT2D eigenvalue weighted by Gasteiger charge is -2.09. The van der Waals surface area contributed by atoms with Crippen LogP contribution in [0.3, 0.4) is 0 Å². The highest BCUT2D eigenvalue weighted by atomic mass is 35.5. The predicted octanol–water partition coefficient (Wildman–Crippen LogP) is 7.21. The average Bonchev–Trinajstić information content (AvgIpc) is 2.86. The molecule has 0 aliphatic rings. The van der Waals surface area contributed by atoms with Gasteiger partial charge in [-0.3, -0.25) is 9.79 Å². The Morgan fingerprint density at radius 3 is 2.38 bits per heavy atom. The van der Waals surface area contributed by atoms with Crippen LogP contribution in [0.15, 0.2) is 102 Å². The number of para-hydroxylation sites is 1. The first-order valence-corrected chi connectivity index (χ1v) is 11.1. The zero-order chi connectivity index (χ0) is 23.8. The first-order valence-electron chi connectivity index (χ1n) is 10.7. The predicted molar refractivity (Wildman–Crippen MR) is 137 cm³/mol. The fraction of sp³-hybridized carbons (Fsp3) is 0.0714. The maximum atomic E-state index is 12.2. The van der Waals surface area contributed by atoms with Crippen LogP contribution in [0.1, 0.15) is 11.1 Å². The molecule has 0 fully saturated rings. The number of aliphatic imine (C=N–C) groups is 1. The minimum Gasteiger partial charge on any atom is -0.484 e. The highest BCUT2D eigenvalue weighted by Crippen LogP contribution is 2.24. The molecule has 0 aliphatic heterocycles. The molecule has 0 saturated carbocycles. The molecule has 0 unspecified atom stereocenters. The Kier molecular flexibility index (Phi) is 7.58. The van der Waals surface area contributed by atoms with Crippen LogP contribution in [0.4, 0.5) is 11.4 Å². The van der Waals surface area contributed by atoms with Crippen molar-refractivity contribution in [2.75, 3.05) is 11.9 Å². The minimum atomic E-state index is -0.267. The van der Waals surface area contributed by atoms with E-state index in [0.717, 1.165) is 28.3 Å². The van der Waals surface area contributed by atoms with Gasteiger partial charge in [-0.1, -0.05) is 48.0 Å². The van der Waals surface area contributed by atoms with Crippen molar-refractivity contribution < 1.29 is 14.3 Å². The van der Waals surface area contributed by atoms with Crippen molar-refractivity contribution in [1.29, 1.82) is 0 Å². The van der Waals surface area contributed by atoms with Crippen molar-refractivity contribution in [3.63, 3.8) is 0 Å². The third-order valence-corrected chi connectivity index (χ3v) is 5.27. The van der Waals surface area contributed by atoms with Crippen LogP contribution in [0, 0.1) is 6.92 Å². The molecule has 0 heterocycles. The number of amides is 1. The van der Waals surface area contributed by atoms with Gasteiger partial charge in [-0.15, -0.1) is 0 Å². The van der Waals surface area contributed by atoms with Crippen LogP contribution < -0.4 is 14.8 Å². The number of hydrogen-bond donors (Lipinski definition) is 1. The number of rotatable bonds is 8. The van der Waals surface area contributed by atoms with Gasteiger partial charge in [0.1, 0.15) is 17.2 Å². The maximum Gasteiger partial charge on any atom is 0.262 e. The van der Waals surface area contributed by atoms with Crippen molar-refractivity contribution in [2.45, 2.75) is 6.92 Å². The Bertz CT molecular complexity index is 1290. The van der Waals surface area contributed by atoms with Crippen LogP contribution >= 0.6 is 11.6 Å². The molecule has 4 rings (SSSR count). The van der Waals surface area contributed by atoms with Crippen molar-refractivity contribution in [3.8, 4) is 17.2 Å². The fourth-order valence-corrected chi connectivity index (χ4v) is 3.26. The van der Waals surface area contributed by atoms with E-state index in [9.17, 15) is 4.79 Å². The molecule has 4 aromatic rings. The molecular weight excluding hydrogens is 448 g/mol. The summed E-state index contributed by atoms with van der Waals surface area (Å²) in [6, 6.07) is 29.9. The summed E-state index contributed by atoms with van der Waals surface area (Å²) in [6.07, 6.45) is 1.74. The molecular formula is C28H23ClN2O3. The molecule has 0 bridgehead atoms. The molecule has 5 nitrogen and oxygen atoms in total. The average molecular weight is 471 g/mol. The zero-order valence-electron chi connectivity index (χ0n) is 18.6. The molecule has 0 atom stereocenters. The van der Waals surface area contributed by atoms with Gasteiger partial charge in [0.2, 0.25) is 0 Å². The van der Waals surface area contributed by atoms with E-state index in [-0.39, 0.29) is 12.5 Å². The number of nitrogens with zero attached hydrogens (tertiary/aromatic N) is 1. The van der Waals surface area contributed by atoms with Crippen LogP contribution in [0.5, 0.6) is 17.2 Å². The molecule has 1 amide bonds. The third kappa shape index (κ3) is 6.70. The molecule has 4 aromatic carbocycles. The molecule has 0 aromatic heterocycles. The van der Waals surface area contributed by atoms with Crippen molar-refractivity contribution in [1.82, 2.24) is 0 Å². The number of ether oxygens (including phenoxy) is 2. The van der Waals surface area contributed by atoms with Crippen molar-refractivity contribution in [2.24, 2.45) is 4.99 Å². The van der Waals surface area contributed by atoms with E-state index < -0.39 is 0 Å². The van der Waals surface area contributed by atoms with Gasteiger partial charge in [0.15, 0.2) is 6.61 Å². The van der Waals surface area contributed by atoms with Crippen molar-refractivity contribution in [3.05, 3.63) is 113 Å². The lowest BCUT2D eigenvalue weighted by molar-refractivity contribution is -0.118. The topological polar surface area (TPSA) is 59.9 Å². The smallest absolute Gasteiger partial charge is 0.262 e. The summed E-state index contributed by atoms with van der Waals surface area (Å²) < 4.78 is 11.4. The lowest BCUT2D eigenvalue weighted by atomic mass is 10.2. The van der Waals surface area contributed by atoms with E-state index in [1.807, 2.05) is 85.8 Å². The summed E-state index contributed by atoms with van der Waals surface area (Å²) in [4.78, 5) is 16.7. The first kappa shape index (κ1) is 23.1. The van der Waals surface area contributed by atoms with E-state index in [1.54, 1.807) is 24.4 Å². The van der Waals surface area contributed by atoms with Crippen LogP contribution in [0.2, 0.25) is 5.02 Å². The molecule has 170 valence electrons. The van der Waals surface area contributed by atoms with E-state index in [2.05, 4.69) is 10.3 Å². The number of benzene rings is 4. The molecule has 0 aliphatic carbocycles. The SMILES string of the molecule is Cc1ccc(NC(=O)COc2cccc(C=Nc3ccc(Oc4ccccc4)cc3)c2)cc1Cl. The Balaban J connectivity index is 1.31. The molecule has 0 radical (unpaired) electrons. The van der Waals surface area contributed by atoms with Gasteiger partial charge in [0.25, 0.3) is 5.91 Å². The second-order valence-electron chi connectivity index (χ2n) is 7.54. The van der Waals surface area contributed by atoms with Gasteiger partial charge in [0, 0.05) is 16.9 Å². The van der Waals surface area contributed by atoms with Gasteiger partial charge in [-0.05, 0) is 78.7 Å². The van der Waals surface area contributed by atoms with Gasteiger partial charge in [0.05, 0.1) is 5.69 Å². The highest BCUT2D eigenvalue weighted by molar-refractivity contribution is 6.31. The summed E-state index contributed by atoms with van der Waals surface area (Å²) in [5, 5.41) is 3.38. The normalized spacial score (nSPS) is 10.8. The standard InChI is InChI=1S/C28H23ClN2O3/c1-20-10-11-23(17-27(20)29)31-28(32)19-33-26-9-5-6-21(16-26)18-30-22-12-14-25(15-13-22)34-24-7-3-2-4-8-24/h2-18H,19H2,1H3,(H,31,32). The Labute approximate surface area is 203 Å². The first-order chi connectivity index (χ1) is 16.5. The largest absolute Gasteiger partial charge is 0.484 e. The Hall–Kier alpha value is -4.09. The quantitative estimate of drug-likeness (QED) is 0.277. The van der Waals surface area contributed by atoms with E-state index in [0.29, 0.717) is 16.5 Å². The van der Waals surface area contributed by atoms with Gasteiger partial charge in [-0.25, -0.2) is 0 Å². The second kappa shape index (κ2) is 11.2. The summed E-state index contributed by atoms with van der Waals surface area (Å²) in [5.74, 6) is 1.84. The number of carbonyl (C=O) groups excluding carboxylic acids is 1. The molecule has 0 spiro atoms. The Morgan fingerprint density at radius 2 is 1.62 bits per heavy atom. The van der Waals surface area contributed by atoms with Crippen molar-refractivity contribution >= 4 is 35.1 Å². The highest BCUT2D eigenvalue weighted by Gasteiger charge is 2.06. The van der Waals surface area contributed by atoms with E-state index in [1.165, 1.54) is 0 Å². The zero-order valence-corrected chi connectivity index (χ0v) is 19.3. The number of aryl methyl sites for hydroxylation is 1. The van der Waals surface area contributed by atoms with Gasteiger partial charge < -0.3 is 14.8 Å². The number of hydrogen-bond acceptors (Lipinski definition) is 4. The number of anilines is 1. The number of carbonyl (C=O) groups is 1. The fourth-order valence-electron chi connectivity index (χ4n) is 3.08. The Morgan fingerprint density at radius 1 is 0.882 bits per heavy atom. The molecule has 34 heavy (non-hydrogen) atoms. The van der Waals surface area contributed by atoms with Gasteiger partial charge in [-0.2, -0.15) is 0 Å². The second-order valence-corrected chi connectivity index (χ2v) is 7.95. The van der Waals surface area contributed by atoms with Crippen LogP contribution in [0.25, 0.3) is 0 Å².